The normalized spacial score (nSPS) is 22.5. The molecule has 0 saturated carbocycles. The molecule has 1 saturated heterocycles. The second-order valence-corrected chi connectivity index (χ2v) is 4.48. The summed E-state index contributed by atoms with van der Waals surface area (Å²) in [6, 6.07) is 0.567. The number of hydrogen-bond acceptors (Lipinski definition) is 5. The Labute approximate surface area is 96.0 Å². The zero-order valence-electron chi connectivity index (χ0n) is 9.85. The Bertz CT molecular complexity index is 326. The number of nitrogens with two attached hydrogens (primary N) is 1. The van der Waals surface area contributed by atoms with Crippen LogP contribution in [-0.4, -0.2) is 41.2 Å². The summed E-state index contributed by atoms with van der Waals surface area (Å²) in [6.07, 6.45) is 5.41. The SMILES string of the molecule is CN1CCCCC1Cc1noc(CCN)n1. The Kier molecular flexibility index (Phi) is 3.90. The predicted octanol–water partition coefficient (Wildman–Crippen LogP) is 0.598. The van der Waals surface area contributed by atoms with Crippen LogP contribution in [0.4, 0.5) is 0 Å². The summed E-state index contributed by atoms with van der Waals surface area (Å²) in [5, 5.41) is 4.00. The van der Waals surface area contributed by atoms with Crippen molar-refractivity contribution in [3.8, 4) is 0 Å². The van der Waals surface area contributed by atoms with Gasteiger partial charge < -0.3 is 15.2 Å². The molecule has 0 radical (unpaired) electrons. The number of likely N-dealkylation sites (tertiary alicyclic amines) is 1. The first-order valence-electron chi connectivity index (χ1n) is 6.01. The summed E-state index contributed by atoms with van der Waals surface area (Å²) in [7, 11) is 2.17. The molecule has 1 aliphatic heterocycles. The van der Waals surface area contributed by atoms with E-state index in [0.29, 0.717) is 24.9 Å². The minimum absolute atomic E-state index is 0.560. The highest BCUT2D eigenvalue weighted by atomic mass is 16.5. The monoisotopic (exact) mass is 224 g/mol. The van der Waals surface area contributed by atoms with Gasteiger partial charge in [0, 0.05) is 25.4 Å². The summed E-state index contributed by atoms with van der Waals surface area (Å²) < 4.78 is 5.12. The van der Waals surface area contributed by atoms with Gasteiger partial charge in [-0.15, -0.1) is 0 Å². The summed E-state index contributed by atoms with van der Waals surface area (Å²) in [4.78, 5) is 6.74. The maximum atomic E-state index is 5.44. The maximum Gasteiger partial charge on any atom is 0.227 e. The van der Waals surface area contributed by atoms with Gasteiger partial charge in [-0.3, -0.25) is 0 Å². The van der Waals surface area contributed by atoms with Gasteiger partial charge in [0.15, 0.2) is 5.82 Å². The number of nitrogens with zero attached hydrogens (tertiary/aromatic N) is 3. The summed E-state index contributed by atoms with van der Waals surface area (Å²) in [5.74, 6) is 1.48. The zero-order chi connectivity index (χ0) is 11.4. The fraction of sp³-hybridized carbons (Fsp3) is 0.818. The molecule has 1 aliphatic rings. The first-order valence-corrected chi connectivity index (χ1v) is 6.01. The predicted molar refractivity (Wildman–Crippen MR) is 61.0 cm³/mol. The van der Waals surface area contributed by atoms with E-state index in [1.165, 1.54) is 25.8 Å². The smallest absolute Gasteiger partial charge is 0.227 e. The number of likely N-dealkylation sites (N-methyl/N-ethyl adjacent to an activating group) is 1. The molecular formula is C11H20N4O. The van der Waals surface area contributed by atoms with Crippen LogP contribution < -0.4 is 5.73 Å². The van der Waals surface area contributed by atoms with Crippen molar-refractivity contribution in [2.45, 2.75) is 38.1 Å². The average Bonchev–Trinajstić information content (AvgIpc) is 2.70. The molecular weight excluding hydrogens is 204 g/mol. The molecule has 2 N–H and O–H groups in total. The summed E-state index contributed by atoms with van der Waals surface area (Å²) >= 11 is 0. The number of rotatable bonds is 4. The molecule has 1 unspecified atom stereocenters. The third kappa shape index (κ3) is 2.80. The minimum atomic E-state index is 0.560. The minimum Gasteiger partial charge on any atom is -0.339 e. The van der Waals surface area contributed by atoms with Crippen molar-refractivity contribution >= 4 is 0 Å². The Morgan fingerprint density at radius 1 is 1.50 bits per heavy atom. The number of hydrogen-bond donors (Lipinski definition) is 1. The first kappa shape index (κ1) is 11.5. The second kappa shape index (κ2) is 5.41. The lowest BCUT2D eigenvalue weighted by Gasteiger charge is -2.31. The fourth-order valence-electron chi connectivity index (χ4n) is 2.21. The van der Waals surface area contributed by atoms with Crippen molar-refractivity contribution < 1.29 is 4.52 Å². The van der Waals surface area contributed by atoms with Crippen LogP contribution in [0, 0.1) is 0 Å². The Balaban J connectivity index is 1.91. The third-order valence-corrected chi connectivity index (χ3v) is 3.21. The Morgan fingerprint density at radius 3 is 3.12 bits per heavy atom. The van der Waals surface area contributed by atoms with Crippen LogP contribution in [0.15, 0.2) is 4.52 Å². The van der Waals surface area contributed by atoms with E-state index >= 15 is 0 Å². The van der Waals surface area contributed by atoms with Crippen LogP contribution in [0.5, 0.6) is 0 Å². The van der Waals surface area contributed by atoms with Gasteiger partial charge in [-0.1, -0.05) is 11.6 Å². The number of aromatic nitrogens is 2. The maximum absolute atomic E-state index is 5.44. The highest BCUT2D eigenvalue weighted by Gasteiger charge is 2.21. The van der Waals surface area contributed by atoms with E-state index in [2.05, 4.69) is 22.1 Å². The molecule has 0 amide bonds. The van der Waals surface area contributed by atoms with E-state index in [9.17, 15) is 0 Å². The summed E-state index contributed by atoms with van der Waals surface area (Å²) in [6.45, 7) is 1.74. The van der Waals surface area contributed by atoms with Gasteiger partial charge in [0.05, 0.1) is 0 Å². The van der Waals surface area contributed by atoms with E-state index in [0.717, 1.165) is 12.2 Å². The van der Waals surface area contributed by atoms with Gasteiger partial charge in [-0.05, 0) is 26.4 Å². The molecule has 1 atom stereocenters. The number of piperidine rings is 1. The molecule has 1 aromatic heterocycles. The molecule has 16 heavy (non-hydrogen) atoms. The largest absolute Gasteiger partial charge is 0.339 e. The lowest BCUT2D eigenvalue weighted by atomic mass is 10.00. The molecule has 0 spiro atoms. The van der Waals surface area contributed by atoms with Crippen LogP contribution in [0.25, 0.3) is 0 Å². The Hall–Kier alpha value is -0.940. The van der Waals surface area contributed by atoms with Crippen LogP contribution in [0.2, 0.25) is 0 Å². The van der Waals surface area contributed by atoms with Gasteiger partial charge >= 0.3 is 0 Å². The van der Waals surface area contributed by atoms with Crippen molar-refractivity contribution in [2.75, 3.05) is 20.1 Å². The molecule has 2 heterocycles. The topological polar surface area (TPSA) is 68.2 Å². The molecule has 5 nitrogen and oxygen atoms in total. The van der Waals surface area contributed by atoms with Gasteiger partial charge in [0.1, 0.15) is 0 Å². The van der Waals surface area contributed by atoms with Gasteiger partial charge in [0.25, 0.3) is 0 Å². The highest BCUT2D eigenvalue weighted by Crippen LogP contribution is 2.17. The molecule has 0 aromatic carbocycles. The van der Waals surface area contributed by atoms with Crippen LogP contribution >= 0.6 is 0 Å². The van der Waals surface area contributed by atoms with E-state index < -0.39 is 0 Å². The van der Waals surface area contributed by atoms with Crippen molar-refractivity contribution in [1.29, 1.82) is 0 Å². The van der Waals surface area contributed by atoms with E-state index in [1.54, 1.807) is 0 Å². The first-order chi connectivity index (χ1) is 7.79. The van der Waals surface area contributed by atoms with Crippen molar-refractivity contribution in [3.05, 3.63) is 11.7 Å². The molecule has 1 fully saturated rings. The second-order valence-electron chi connectivity index (χ2n) is 4.48. The van der Waals surface area contributed by atoms with Crippen molar-refractivity contribution in [3.63, 3.8) is 0 Å². The molecule has 1 aromatic rings. The van der Waals surface area contributed by atoms with E-state index in [1.807, 2.05) is 0 Å². The highest BCUT2D eigenvalue weighted by molar-refractivity contribution is 4.92. The van der Waals surface area contributed by atoms with Crippen molar-refractivity contribution in [2.24, 2.45) is 5.73 Å². The molecule has 5 heteroatoms. The van der Waals surface area contributed by atoms with Crippen LogP contribution in [0.3, 0.4) is 0 Å². The van der Waals surface area contributed by atoms with E-state index in [4.69, 9.17) is 10.3 Å². The lowest BCUT2D eigenvalue weighted by molar-refractivity contribution is 0.181. The third-order valence-electron chi connectivity index (χ3n) is 3.21. The van der Waals surface area contributed by atoms with E-state index in [-0.39, 0.29) is 0 Å². The molecule has 0 bridgehead atoms. The fourth-order valence-corrected chi connectivity index (χ4v) is 2.21. The van der Waals surface area contributed by atoms with Gasteiger partial charge in [-0.25, -0.2) is 0 Å². The average molecular weight is 224 g/mol. The van der Waals surface area contributed by atoms with Crippen LogP contribution in [-0.2, 0) is 12.8 Å². The zero-order valence-corrected chi connectivity index (χ0v) is 9.85. The van der Waals surface area contributed by atoms with Crippen LogP contribution in [0.1, 0.15) is 31.0 Å². The molecule has 2 rings (SSSR count). The van der Waals surface area contributed by atoms with Gasteiger partial charge in [0.2, 0.25) is 5.89 Å². The van der Waals surface area contributed by atoms with Crippen molar-refractivity contribution in [1.82, 2.24) is 15.0 Å². The quantitative estimate of drug-likeness (QED) is 0.811. The summed E-state index contributed by atoms with van der Waals surface area (Å²) in [5.41, 5.74) is 5.44. The van der Waals surface area contributed by atoms with Gasteiger partial charge in [-0.2, -0.15) is 4.98 Å². The molecule has 0 aliphatic carbocycles. The Morgan fingerprint density at radius 2 is 2.38 bits per heavy atom. The molecule has 90 valence electrons. The lowest BCUT2D eigenvalue weighted by Crippen LogP contribution is -2.37. The standard InChI is InChI=1S/C11H20N4O/c1-15-7-3-2-4-9(15)8-10-13-11(5-6-12)16-14-10/h9H,2-8,12H2,1H3.